The molecular formula is C14H21N3O3. The van der Waals surface area contributed by atoms with Crippen LogP contribution in [-0.4, -0.2) is 36.5 Å². The highest BCUT2D eigenvalue weighted by molar-refractivity contribution is 5.88. The monoisotopic (exact) mass is 279 g/mol. The fraction of sp³-hybridized carbons (Fsp3) is 0.500. The van der Waals surface area contributed by atoms with Gasteiger partial charge in [-0.2, -0.15) is 5.10 Å². The van der Waals surface area contributed by atoms with E-state index in [1.807, 2.05) is 25.8 Å². The molecule has 0 bridgehead atoms. The van der Waals surface area contributed by atoms with Crippen LogP contribution in [0.1, 0.15) is 20.3 Å². The van der Waals surface area contributed by atoms with Crippen LogP contribution in [0.5, 0.6) is 0 Å². The number of anilines is 1. The lowest BCUT2D eigenvalue weighted by atomic mass is 10.2. The highest BCUT2D eigenvalue weighted by Gasteiger charge is 2.07. The minimum absolute atomic E-state index is 0.195. The predicted molar refractivity (Wildman–Crippen MR) is 77.8 cm³/mol. The largest absolute Gasteiger partial charge is 0.466 e. The van der Waals surface area contributed by atoms with Gasteiger partial charge >= 0.3 is 5.97 Å². The Kier molecular flexibility index (Phi) is 5.96. The zero-order valence-corrected chi connectivity index (χ0v) is 12.4. The molecule has 0 saturated heterocycles. The summed E-state index contributed by atoms with van der Waals surface area (Å²) in [6, 6.07) is 1.54. The number of rotatable bonds is 6. The second-order valence-corrected chi connectivity index (χ2v) is 4.32. The van der Waals surface area contributed by atoms with Crippen LogP contribution in [0, 0.1) is 0 Å². The minimum atomic E-state index is -0.372. The van der Waals surface area contributed by atoms with Crippen molar-refractivity contribution in [2.24, 2.45) is 0 Å². The number of methoxy groups -OCH3 is 1. The zero-order chi connectivity index (χ0) is 15.1. The molecule has 0 aliphatic carbocycles. The number of aromatic nitrogens is 2. The fourth-order valence-electron chi connectivity index (χ4n) is 1.65. The van der Waals surface area contributed by atoms with Crippen LogP contribution in [0.2, 0.25) is 0 Å². The van der Waals surface area contributed by atoms with Crippen molar-refractivity contribution in [3.63, 3.8) is 0 Å². The molecular weight excluding hydrogens is 258 g/mol. The highest BCUT2D eigenvalue weighted by Crippen LogP contribution is 2.06. The number of allylic oxidation sites excluding steroid dienone is 1. The van der Waals surface area contributed by atoms with E-state index in [0.717, 1.165) is 12.2 Å². The van der Waals surface area contributed by atoms with Gasteiger partial charge in [0.15, 0.2) is 0 Å². The quantitative estimate of drug-likeness (QED) is 0.578. The van der Waals surface area contributed by atoms with Crippen molar-refractivity contribution in [1.82, 2.24) is 9.78 Å². The van der Waals surface area contributed by atoms with E-state index < -0.39 is 0 Å². The maximum absolute atomic E-state index is 11.9. The molecule has 0 atom stereocenters. The van der Waals surface area contributed by atoms with Gasteiger partial charge in [-0.25, -0.2) is 9.48 Å². The predicted octanol–water partition coefficient (Wildman–Crippen LogP) is 1.21. The summed E-state index contributed by atoms with van der Waals surface area (Å²) < 4.78 is 5.98. The average Bonchev–Trinajstić information content (AvgIpc) is 2.47. The first-order valence-corrected chi connectivity index (χ1v) is 6.59. The standard InChI is InChI=1S/C14H21N3O3/c1-5-11(14(19)20-4)7-8-17-13(18)9-12(10-15-17)16(3)6-2/h7,9-10H,5-6,8H2,1-4H3/b11-7-. The zero-order valence-electron chi connectivity index (χ0n) is 12.4. The Hall–Kier alpha value is -2.11. The molecule has 0 saturated carbocycles. The molecule has 1 heterocycles. The van der Waals surface area contributed by atoms with Crippen molar-refractivity contribution in [2.75, 3.05) is 25.6 Å². The molecule has 0 fully saturated rings. The van der Waals surface area contributed by atoms with Crippen LogP contribution in [0.25, 0.3) is 0 Å². The Balaban J connectivity index is 2.91. The van der Waals surface area contributed by atoms with Gasteiger partial charge in [-0.05, 0) is 13.3 Å². The van der Waals surface area contributed by atoms with Gasteiger partial charge in [0, 0.05) is 25.2 Å². The van der Waals surface area contributed by atoms with Crippen molar-refractivity contribution in [3.8, 4) is 0 Å². The Morgan fingerprint density at radius 1 is 1.50 bits per heavy atom. The van der Waals surface area contributed by atoms with E-state index in [9.17, 15) is 9.59 Å². The van der Waals surface area contributed by atoms with Gasteiger partial charge in [-0.15, -0.1) is 0 Å². The molecule has 20 heavy (non-hydrogen) atoms. The van der Waals surface area contributed by atoms with E-state index in [1.54, 1.807) is 12.3 Å². The minimum Gasteiger partial charge on any atom is -0.466 e. The van der Waals surface area contributed by atoms with Crippen molar-refractivity contribution in [2.45, 2.75) is 26.8 Å². The van der Waals surface area contributed by atoms with Gasteiger partial charge < -0.3 is 9.64 Å². The highest BCUT2D eigenvalue weighted by atomic mass is 16.5. The topological polar surface area (TPSA) is 64.4 Å². The second-order valence-electron chi connectivity index (χ2n) is 4.32. The maximum atomic E-state index is 11.9. The first-order chi connectivity index (χ1) is 9.53. The third-order valence-electron chi connectivity index (χ3n) is 3.11. The van der Waals surface area contributed by atoms with Gasteiger partial charge in [0.05, 0.1) is 25.5 Å². The lowest BCUT2D eigenvalue weighted by molar-refractivity contribution is -0.136. The number of hydrogen-bond donors (Lipinski definition) is 0. The smallest absolute Gasteiger partial charge is 0.333 e. The number of ether oxygens (including phenoxy) is 1. The summed E-state index contributed by atoms with van der Waals surface area (Å²) >= 11 is 0. The summed E-state index contributed by atoms with van der Waals surface area (Å²) in [7, 11) is 3.23. The van der Waals surface area contributed by atoms with Crippen LogP contribution in [0.3, 0.4) is 0 Å². The lowest BCUT2D eigenvalue weighted by Crippen LogP contribution is -2.25. The van der Waals surface area contributed by atoms with Gasteiger partial charge in [0.2, 0.25) is 0 Å². The summed E-state index contributed by atoms with van der Waals surface area (Å²) in [6.07, 6.45) is 3.87. The Morgan fingerprint density at radius 2 is 2.20 bits per heavy atom. The van der Waals surface area contributed by atoms with Crippen molar-refractivity contribution in [1.29, 1.82) is 0 Å². The summed E-state index contributed by atoms with van der Waals surface area (Å²) in [4.78, 5) is 25.3. The van der Waals surface area contributed by atoms with Crippen LogP contribution >= 0.6 is 0 Å². The van der Waals surface area contributed by atoms with Gasteiger partial charge in [-0.3, -0.25) is 4.79 Å². The van der Waals surface area contributed by atoms with Crippen LogP contribution in [-0.2, 0) is 16.1 Å². The first kappa shape index (κ1) is 15.9. The molecule has 6 nitrogen and oxygen atoms in total. The SMILES string of the molecule is CC/C(=C/Cn1ncc(N(C)CC)cc1=O)C(=O)OC. The molecule has 0 radical (unpaired) electrons. The van der Waals surface area contributed by atoms with E-state index in [1.165, 1.54) is 17.9 Å². The molecule has 1 rings (SSSR count). The van der Waals surface area contributed by atoms with Crippen LogP contribution in [0.4, 0.5) is 5.69 Å². The number of hydrogen-bond acceptors (Lipinski definition) is 5. The van der Waals surface area contributed by atoms with Crippen molar-refractivity contribution in [3.05, 3.63) is 34.3 Å². The maximum Gasteiger partial charge on any atom is 0.333 e. The summed E-state index contributed by atoms with van der Waals surface area (Å²) in [6.45, 7) is 4.91. The molecule has 1 aromatic rings. The summed E-state index contributed by atoms with van der Waals surface area (Å²) in [5.41, 5.74) is 1.12. The van der Waals surface area contributed by atoms with E-state index in [-0.39, 0.29) is 18.1 Å². The number of carbonyl (C=O) groups excluding carboxylic acids is 1. The van der Waals surface area contributed by atoms with E-state index >= 15 is 0 Å². The van der Waals surface area contributed by atoms with Gasteiger partial charge in [-0.1, -0.05) is 13.0 Å². The summed E-state index contributed by atoms with van der Waals surface area (Å²) in [5.74, 6) is -0.372. The summed E-state index contributed by atoms with van der Waals surface area (Å²) in [5, 5.41) is 4.10. The molecule has 0 N–H and O–H groups in total. The van der Waals surface area contributed by atoms with Crippen LogP contribution < -0.4 is 10.5 Å². The third-order valence-corrected chi connectivity index (χ3v) is 3.11. The molecule has 0 unspecified atom stereocenters. The first-order valence-electron chi connectivity index (χ1n) is 6.59. The Labute approximate surface area is 118 Å². The molecule has 0 aliphatic rings. The molecule has 110 valence electrons. The second kappa shape index (κ2) is 7.47. The van der Waals surface area contributed by atoms with E-state index in [2.05, 4.69) is 9.84 Å². The van der Waals surface area contributed by atoms with Gasteiger partial charge in [0.1, 0.15) is 0 Å². The molecule has 6 heteroatoms. The normalized spacial score (nSPS) is 11.3. The molecule has 0 aliphatic heterocycles. The molecule has 0 aromatic carbocycles. The Morgan fingerprint density at radius 3 is 2.70 bits per heavy atom. The van der Waals surface area contributed by atoms with Gasteiger partial charge in [0.25, 0.3) is 5.56 Å². The molecule has 0 amide bonds. The molecule has 1 aromatic heterocycles. The van der Waals surface area contributed by atoms with Crippen molar-refractivity contribution >= 4 is 11.7 Å². The number of carbonyl (C=O) groups is 1. The fourth-order valence-corrected chi connectivity index (χ4v) is 1.65. The average molecular weight is 279 g/mol. The lowest BCUT2D eigenvalue weighted by Gasteiger charge is -2.16. The number of nitrogens with zero attached hydrogens (tertiary/aromatic N) is 3. The molecule has 0 spiro atoms. The van der Waals surface area contributed by atoms with Crippen LogP contribution in [0.15, 0.2) is 28.7 Å². The third kappa shape index (κ3) is 3.94. The van der Waals surface area contributed by atoms with E-state index in [0.29, 0.717) is 12.0 Å². The van der Waals surface area contributed by atoms with Crippen molar-refractivity contribution < 1.29 is 9.53 Å². The van der Waals surface area contributed by atoms with E-state index in [4.69, 9.17) is 0 Å². The number of esters is 1. The Bertz CT molecular complexity index is 549.